The van der Waals surface area contributed by atoms with Crippen molar-refractivity contribution in [3.63, 3.8) is 0 Å². The number of carbonyl (C=O) groups is 1. The van der Waals surface area contributed by atoms with Crippen LogP contribution in [-0.2, 0) is 0 Å². The molecule has 0 spiro atoms. The van der Waals surface area contributed by atoms with Crippen LogP contribution in [0.5, 0.6) is 0 Å². The molecule has 0 aromatic heterocycles. The lowest BCUT2D eigenvalue weighted by Gasteiger charge is -2.37. The van der Waals surface area contributed by atoms with Gasteiger partial charge in [0.25, 0.3) is 0 Å². The van der Waals surface area contributed by atoms with E-state index in [0.29, 0.717) is 16.9 Å². The van der Waals surface area contributed by atoms with Gasteiger partial charge in [0.1, 0.15) is 0 Å². The molecular formula is C16H22ClNO. The highest BCUT2D eigenvalue weighted by Gasteiger charge is 2.26. The quantitative estimate of drug-likeness (QED) is 0.776. The van der Waals surface area contributed by atoms with E-state index in [2.05, 4.69) is 18.7 Å². The normalized spacial score (nSPS) is 19.3. The molecule has 0 bridgehead atoms. The first kappa shape index (κ1) is 14.5. The lowest BCUT2D eigenvalue weighted by Crippen LogP contribution is -2.40. The highest BCUT2D eigenvalue weighted by Crippen LogP contribution is 2.28. The van der Waals surface area contributed by atoms with Gasteiger partial charge in [-0.3, -0.25) is 4.79 Å². The predicted octanol–water partition coefficient (Wildman–Crippen LogP) is 4.03. The van der Waals surface area contributed by atoms with E-state index in [0.717, 1.165) is 25.2 Å². The third-order valence-electron chi connectivity index (χ3n) is 3.80. The molecule has 0 unspecified atom stereocenters. The zero-order chi connectivity index (χ0) is 13.9. The van der Waals surface area contributed by atoms with Gasteiger partial charge in [0, 0.05) is 30.1 Å². The fourth-order valence-corrected chi connectivity index (χ4v) is 2.90. The summed E-state index contributed by atoms with van der Waals surface area (Å²) in [6.07, 6.45) is 3.12. The SMILES string of the molecule is CC1(C)CCCN(CCC(=O)c2ccc(Cl)cc2)C1. The summed E-state index contributed by atoms with van der Waals surface area (Å²) in [6, 6.07) is 7.17. The Morgan fingerprint density at radius 1 is 1.32 bits per heavy atom. The Kier molecular flexibility index (Phi) is 4.64. The molecule has 1 aromatic carbocycles. The van der Waals surface area contributed by atoms with E-state index < -0.39 is 0 Å². The van der Waals surface area contributed by atoms with Crippen LogP contribution < -0.4 is 0 Å². The molecule has 0 saturated carbocycles. The average molecular weight is 280 g/mol. The van der Waals surface area contributed by atoms with Crippen LogP contribution in [0.3, 0.4) is 0 Å². The third-order valence-corrected chi connectivity index (χ3v) is 4.05. The summed E-state index contributed by atoms with van der Waals surface area (Å²) in [4.78, 5) is 14.5. The second kappa shape index (κ2) is 6.06. The number of hydrogen-bond donors (Lipinski definition) is 0. The first-order chi connectivity index (χ1) is 8.96. The van der Waals surface area contributed by atoms with Crippen LogP contribution in [0.1, 0.15) is 43.5 Å². The summed E-state index contributed by atoms with van der Waals surface area (Å²) in [6.45, 7) is 7.70. The van der Waals surface area contributed by atoms with Crippen molar-refractivity contribution >= 4 is 17.4 Å². The maximum Gasteiger partial charge on any atom is 0.164 e. The molecule has 3 heteroatoms. The molecule has 0 aliphatic carbocycles. The summed E-state index contributed by atoms with van der Waals surface area (Å²) in [5.41, 5.74) is 1.15. The van der Waals surface area contributed by atoms with Crippen molar-refractivity contribution in [2.45, 2.75) is 33.1 Å². The molecule has 1 saturated heterocycles. The molecule has 1 heterocycles. The van der Waals surface area contributed by atoms with Crippen molar-refractivity contribution in [2.75, 3.05) is 19.6 Å². The van der Waals surface area contributed by atoms with Crippen molar-refractivity contribution in [1.29, 1.82) is 0 Å². The van der Waals surface area contributed by atoms with Crippen molar-refractivity contribution in [3.8, 4) is 0 Å². The summed E-state index contributed by atoms with van der Waals surface area (Å²) < 4.78 is 0. The molecular weight excluding hydrogens is 258 g/mol. The zero-order valence-electron chi connectivity index (χ0n) is 11.8. The van der Waals surface area contributed by atoms with Crippen LogP contribution in [0.25, 0.3) is 0 Å². The molecule has 19 heavy (non-hydrogen) atoms. The van der Waals surface area contributed by atoms with Crippen LogP contribution in [-0.4, -0.2) is 30.3 Å². The monoisotopic (exact) mass is 279 g/mol. The Balaban J connectivity index is 1.85. The number of nitrogens with zero attached hydrogens (tertiary/aromatic N) is 1. The number of carbonyl (C=O) groups excluding carboxylic acids is 1. The number of rotatable bonds is 4. The smallest absolute Gasteiger partial charge is 0.164 e. The number of benzene rings is 1. The van der Waals surface area contributed by atoms with Gasteiger partial charge in [-0.1, -0.05) is 25.4 Å². The van der Waals surface area contributed by atoms with Gasteiger partial charge in [0.05, 0.1) is 0 Å². The standard InChI is InChI=1S/C16H22ClNO/c1-16(2)9-3-10-18(12-16)11-8-15(19)13-4-6-14(17)7-5-13/h4-7H,3,8-12H2,1-2H3. The van der Waals surface area contributed by atoms with Crippen molar-refractivity contribution in [3.05, 3.63) is 34.9 Å². The van der Waals surface area contributed by atoms with E-state index in [1.54, 1.807) is 12.1 Å². The van der Waals surface area contributed by atoms with Crippen LogP contribution in [0.15, 0.2) is 24.3 Å². The molecule has 104 valence electrons. The summed E-state index contributed by atoms with van der Waals surface area (Å²) in [5, 5.41) is 0.675. The van der Waals surface area contributed by atoms with Gasteiger partial charge in [-0.15, -0.1) is 0 Å². The lowest BCUT2D eigenvalue weighted by molar-refractivity contribution is 0.0896. The maximum atomic E-state index is 12.1. The largest absolute Gasteiger partial charge is 0.302 e. The second-order valence-electron chi connectivity index (χ2n) is 6.22. The van der Waals surface area contributed by atoms with Crippen molar-refractivity contribution in [1.82, 2.24) is 4.90 Å². The Hall–Kier alpha value is -0.860. The van der Waals surface area contributed by atoms with E-state index in [9.17, 15) is 4.79 Å². The minimum atomic E-state index is 0.208. The third kappa shape index (κ3) is 4.32. The fourth-order valence-electron chi connectivity index (χ4n) is 2.78. The predicted molar refractivity (Wildman–Crippen MR) is 79.9 cm³/mol. The van der Waals surface area contributed by atoms with Gasteiger partial charge < -0.3 is 4.90 Å². The Morgan fingerprint density at radius 2 is 2.00 bits per heavy atom. The maximum absolute atomic E-state index is 12.1. The van der Waals surface area contributed by atoms with E-state index >= 15 is 0 Å². The number of piperidine rings is 1. The average Bonchev–Trinajstić information content (AvgIpc) is 2.36. The topological polar surface area (TPSA) is 20.3 Å². The number of Topliss-reactive ketones (excluding diaryl/α,β-unsaturated/α-hetero) is 1. The number of hydrogen-bond acceptors (Lipinski definition) is 2. The van der Waals surface area contributed by atoms with Crippen LogP contribution in [0, 0.1) is 5.41 Å². The zero-order valence-corrected chi connectivity index (χ0v) is 12.5. The molecule has 0 N–H and O–H groups in total. The van der Waals surface area contributed by atoms with Gasteiger partial charge in [-0.25, -0.2) is 0 Å². The highest BCUT2D eigenvalue weighted by atomic mass is 35.5. The van der Waals surface area contributed by atoms with Crippen LogP contribution in [0.2, 0.25) is 5.02 Å². The van der Waals surface area contributed by atoms with Crippen molar-refractivity contribution in [2.24, 2.45) is 5.41 Å². The minimum Gasteiger partial charge on any atom is -0.302 e. The van der Waals surface area contributed by atoms with E-state index in [-0.39, 0.29) is 5.78 Å². The molecule has 1 aromatic rings. The summed E-state index contributed by atoms with van der Waals surface area (Å²) in [7, 11) is 0. The number of likely N-dealkylation sites (tertiary alicyclic amines) is 1. The number of ketones is 1. The first-order valence-corrected chi connectivity index (χ1v) is 7.35. The van der Waals surface area contributed by atoms with Gasteiger partial charge >= 0.3 is 0 Å². The molecule has 2 rings (SSSR count). The molecule has 1 aliphatic heterocycles. The second-order valence-corrected chi connectivity index (χ2v) is 6.66. The number of halogens is 1. The highest BCUT2D eigenvalue weighted by molar-refractivity contribution is 6.30. The molecule has 1 fully saturated rings. The molecule has 1 aliphatic rings. The molecule has 0 atom stereocenters. The lowest BCUT2D eigenvalue weighted by atomic mass is 9.84. The van der Waals surface area contributed by atoms with Gasteiger partial charge in [-0.05, 0) is 49.1 Å². The summed E-state index contributed by atoms with van der Waals surface area (Å²) >= 11 is 5.83. The Morgan fingerprint density at radius 3 is 2.63 bits per heavy atom. The minimum absolute atomic E-state index is 0.208. The summed E-state index contributed by atoms with van der Waals surface area (Å²) in [5.74, 6) is 0.208. The van der Waals surface area contributed by atoms with Gasteiger partial charge in [0.15, 0.2) is 5.78 Å². The molecule has 0 radical (unpaired) electrons. The van der Waals surface area contributed by atoms with Crippen LogP contribution >= 0.6 is 11.6 Å². The Labute approximate surface area is 120 Å². The van der Waals surface area contributed by atoms with E-state index in [1.807, 2.05) is 12.1 Å². The fraction of sp³-hybridized carbons (Fsp3) is 0.562. The van der Waals surface area contributed by atoms with Crippen LogP contribution in [0.4, 0.5) is 0 Å². The first-order valence-electron chi connectivity index (χ1n) is 6.97. The van der Waals surface area contributed by atoms with Gasteiger partial charge in [0.2, 0.25) is 0 Å². The van der Waals surface area contributed by atoms with Crippen molar-refractivity contribution < 1.29 is 4.79 Å². The molecule has 2 nitrogen and oxygen atoms in total. The van der Waals surface area contributed by atoms with E-state index in [4.69, 9.17) is 11.6 Å². The molecule has 0 amide bonds. The van der Waals surface area contributed by atoms with E-state index in [1.165, 1.54) is 12.8 Å². The van der Waals surface area contributed by atoms with Gasteiger partial charge in [-0.2, -0.15) is 0 Å². The Bertz CT molecular complexity index is 439.